The van der Waals surface area contributed by atoms with E-state index in [0.717, 1.165) is 45.6 Å². The van der Waals surface area contributed by atoms with Crippen LogP contribution in [0.2, 0.25) is 0 Å². The zero-order valence-electron chi connectivity index (χ0n) is 40.6. The highest BCUT2D eigenvalue weighted by molar-refractivity contribution is 5.93. The summed E-state index contributed by atoms with van der Waals surface area (Å²) < 4.78 is 5.79. The monoisotopic (exact) mass is 925 g/mol. The third-order valence-corrected chi connectivity index (χ3v) is 15.8. The largest absolute Gasteiger partial charge is 0.464 e. The number of benzene rings is 10. The summed E-state index contributed by atoms with van der Waals surface area (Å²) in [6.07, 6.45) is 7.88. The highest BCUT2D eigenvalue weighted by Gasteiger charge is 2.48. The van der Waals surface area contributed by atoms with Gasteiger partial charge in [0.15, 0.2) is 0 Å². The molecular weight excluding hydrogens is 871 g/mol. The van der Waals surface area contributed by atoms with E-state index in [4.69, 9.17) is 4.42 Å². The molecule has 0 saturated carbocycles. The van der Waals surface area contributed by atoms with Crippen molar-refractivity contribution in [3.63, 3.8) is 0 Å². The lowest BCUT2D eigenvalue weighted by Gasteiger charge is -2.36. The zero-order valence-corrected chi connectivity index (χ0v) is 40.6. The van der Waals surface area contributed by atoms with Gasteiger partial charge in [0.2, 0.25) is 0 Å². The molecule has 1 aromatic heterocycles. The van der Waals surface area contributed by atoms with Gasteiger partial charge in [-0.3, -0.25) is 0 Å². The SMILES string of the molecule is CCCCCCc1ccc(C2(c3ccccc3)c3ccccc3-c3ccc(N(c4cccc(-c5ccc6occc6c5)c4)c4ccc5c(c4)C(c4ccccc4)(c4ccccc4)c4ccccc4-5)cc32)cc1. The van der Waals surface area contributed by atoms with Gasteiger partial charge < -0.3 is 9.32 Å². The maximum Gasteiger partial charge on any atom is 0.133 e. The maximum atomic E-state index is 5.79. The van der Waals surface area contributed by atoms with Crippen LogP contribution < -0.4 is 4.90 Å². The molecule has 0 saturated heterocycles. The molecule has 11 aromatic rings. The Bertz CT molecular complexity index is 3700. The molecule has 0 aliphatic heterocycles. The fourth-order valence-corrected chi connectivity index (χ4v) is 12.6. The van der Waals surface area contributed by atoms with E-state index in [-0.39, 0.29) is 0 Å². The van der Waals surface area contributed by atoms with Crippen molar-refractivity contribution in [2.24, 2.45) is 0 Å². The van der Waals surface area contributed by atoms with Gasteiger partial charge in [0.05, 0.1) is 17.1 Å². The fraction of sp³-hybridized carbons (Fsp3) is 0.114. The fourth-order valence-electron chi connectivity index (χ4n) is 12.6. The molecule has 72 heavy (non-hydrogen) atoms. The van der Waals surface area contributed by atoms with Crippen molar-refractivity contribution in [1.29, 1.82) is 0 Å². The molecule has 1 heterocycles. The number of nitrogens with zero attached hydrogens (tertiary/aromatic N) is 1. The van der Waals surface area contributed by atoms with Crippen molar-refractivity contribution in [1.82, 2.24) is 0 Å². The minimum atomic E-state index is -0.563. The first kappa shape index (κ1) is 43.6. The number of hydrogen-bond acceptors (Lipinski definition) is 2. The number of anilines is 3. The summed E-state index contributed by atoms with van der Waals surface area (Å²) >= 11 is 0. The maximum absolute atomic E-state index is 5.79. The summed E-state index contributed by atoms with van der Waals surface area (Å²) in [6, 6.07) is 93.3. The van der Waals surface area contributed by atoms with E-state index in [9.17, 15) is 0 Å². The van der Waals surface area contributed by atoms with Gasteiger partial charge in [-0.05, 0) is 151 Å². The molecule has 346 valence electrons. The van der Waals surface area contributed by atoms with Crippen LogP contribution in [0.5, 0.6) is 0 Å². The van der Waals surface area contributed by atoms with Crippen molar-refractivity contribution >= 4 is 28.0 Å². The molecule has 2 aliphatic carbocycles. The van der Waals surface area contributed by atoms with Gasteiger partial charge in [-0.25, -0.2) is 0 Å². The van der Waals surface area contributed by atoms with Crippen LogP contribution in [0.15, 0.2) is 259 Å². The Hall–Kier alpha value is -8.46. The summed E-state index contributed by atoms with van der Waals surface area (Å²) in [4.78, 5) is 2.50. The van der Waals surface area contributed by atoms with Crippen LogP contribution in [0.4, 0.5) is 17.1 Å². The average Bonchev–Trinajstić information content (AvgIpc) is 4.13. The predicted octanol–water partition coefficient (Wildman–Crippen LogP) is 18.4. The quantitative estimate of drug-likeness (QED) is 0.107. The molecule has 0 fully saturated rings. The molecule has 0 spiro atoms. The normalized spacial score (nSPS) is 14.9. The Labute approximate surface area is 423 Å². The Morgan fingerprint density at radius 1 is 0.361 bits per heavy atom. The van der Waals surface area contributed by atoms with Crippen LogP contribution >= 0.6 is 0 Å². The van der Waals surface area contributed by atoms with Gasteiger partial charge in [0, 0.05) is 22.4 Å². The van der Waals surface area contributed by atoms with E-state index in [2.05, 4.69) is 254 Å². The van der Waals surface area contributed by atoms with Gasteiger partial charge in [-0.1, -0.05) is 220 Å². The van der Waals surface area contributed by atoms with Gasteiger partial charge in [-0.15, -0.1) is 0 Å². The number of unbranched alkanes of at least 4 members (excludes halogenated alkanes) is 3. The topological polar surface area (TPSA) is 16.4 Å². The first-order chi connectivity index (χ1) is 35.7. The Morgan fingerprint density at radius 2 is 0.861 bits per heavy atom. The van der Waals surface area contributed by atoms with Crippen LogP contribution in [-0.2, 0) is 17.3 Å². The third-order valence-electron chi connectivity index (χ3n) is 15.8. The molecule has 0 N–H and O–H groups in total. The minimum Gasteiger partial charge on any atom is -0.464 e. The van der Waals surface area contributed by atoms with Gasteiger partial charge in [-0.2, -0.15) is 0 Å². The first-order valence-electron chi connectivity index (χ1n) is 25.8. The minimum absolute atomic E-state index is 0.553. The van der Waals surface area contributed by atoms with E-state index in [0.29, 0.717) is 0 Å². The smallest absolute Gasteiger partial charge is 0.133 e. The molecule has 0 amide bonds. The average molecular weight is 926 g/mol. The molecule has 2 nitrogen and oxygen atoms in total. The highest BCUT2D eigenvalue weighted by atomic mass is 16.3. The summed E-state index contributed by atoms with van der Waals surface area (Å²) in [6.45, 7) is 2.29. The van der Waals surface area contributed by atoms with E-state index in [1.807, 2.05) is 6.07 Å². The molecule has 1 unspecified atom stereocenters. The Kier molecular flexibility index (Phi) is 10.9. The van der Waals surface area contributed by atoms with Gasteiger partial charge in [0.25, 0.3) is 0 Å². The lowest BCUT2D eigenvalue weighted by Crippen LogP contribution is -2.29. The van der Waals surface area contributed by atoms with E-state index < -0.39 is 10.8 Å². The van der Waals surface area contributed by atoms with Crippen LogP contribution in [0.25, 0.3) is 44.3 Å². The van der Waals surface area contributed by atoms with Crippen molar-refractivity contribution in [3.8, 4) is 33.4 Å². The van der Waals surface area contributed by atoms with E-state index in [1.165, 1.54) is 98.0 Å². The number of fused-ring (bicyclic) bond motifs is 7. The first-order valence-corrected chi connectivity index (χ1v) is 25.8. The van der Waals surface area contributed by atoms with E-state index in [1.54, 1.807) is 6.26 Å². The van der Waals surface area contributed by atoms with Crippen LogP contribution in [-0.4, -0.2) is 0 Å². The number of aryl methyl sites for hydroxylation is 1. The second kappa shape index (κ2) is 18.1. The lowest BCUT2D eigenvalue weighted by molar-refractivity contribution is 0.616. The Balaban J connectivity index is 1.05. The summed E-state index contributed by atoms with van der Waals surface area (Å²) in [5.41, 5.74) is 22.0. The van der Waals surface area contributed by atoms with Gasteiger partial charge >= 0.3 is 0 Å². The van der Waals surface area contributed by atoms with Crippen LogP contribution in [0, 0.1) is 0 Å². The van der Waals surface area contributed by atoms with Crippen molar-refractivity contribution in [2.45, 2.75) is 49.9 Å². The summed E-state index contributed by atoms with van der Waals surface area (Å²) in [5.74, 6) is 0. The zero-order chi connectivity index (χ0) is 48.1. The van der Waals surface area contributed by atoms with Gasteiger partial charge in [0.1, 0.15) is 5.58 Å². The third kappa shape index (κ3) is 6.92. The predicted molar refractivity (Wildman–Crippen MR) is 299 cm³/mol. The second-order valence-corrected chi connectivity index (χ2v) is 19.7. The molecule has 2 aliphatic rings. The van der Waals surface area contributed by atoms with Crippen molar-refractivity contribution in [3.05, 3.63) is 305 Å². The van der Waals surface area contributed by atoms with Crippen LogP contribution in [0.1, 0.15) is 82.7 Å². The van der Waals surface area contributed by atoms with E-state index >= 15 is 0 Å². The van der Waals surface area contributed by atoms with Crippen molar-refractivity contribution in [2.75, 3.05) is 4.90 Å². The molecule has 2 heteroatoms. The molecule has 0 bridgehead atoms. The highest BCUT2D eigenvalue weighted by Crippen LogP contribution is 2.59. The molecule has 0 radical (unpaired) electrons. The standard InChI is InChI=1S/C70H55NO/c1-2-3-4-8-20-49-33-36-56(37-34-49)70(55-26-13-7-14-27-55)65-32-18-16-30-61(65)63-41-39-59(48-67(63)70)71(57-28-19-21-50(46-57)51-35-42-68-52(45-51)43-44-72-68)58-38-40-62-60-29-15-17-31-64(60)69(66(62)47-58,53-22-9-5-10-23-53)54-24-11-6-12-25-54/h5-7,9-19,21-48H,2-4,8,20H2,1H3. The molecule has 13 rings (SSSR count). The summed E-state index contributed by atoms with van der Waals surface area (Å²) in [7, 11) is 0. The molecular formula is C70H55NO. The molecule has 1 atom stereocenters. The lowest BCUT2D eigenvalue weighted by atomic mass is 9.67. The molecule has 10 aromatic carbocycles. The van der Waals surface area contributed by atoms with Crippen LogP contribution in [0.3, 0.4) is 0 Å². The summed E-state index contributed by atoms with van der Waals surface area (Å²) in [5, 5.41) is 1.09. The Morgan fingerprint density at radius 3 is 1.43 bits per heavy atom. The number of hydrogen-bond donors (Lipinski definition) is 0. The van der Waals surface area contributed by atoms with Crippen molar-refractivity contribution < 1.29 is 4.42 Å². The number of rotatable bonds is 13. The second-order valence-electron chi connectivity index (χ2n) is 19.7. The number of furan rings is 1.